The Balaban J connectivity index is 1.95. The maximum atomic E-state index is 13.4. The van der Waals surface area contributed by atoms with Crippen molar-refractivity contribution in [2.45, 2.75) is 39.7 Å². The first kappa shape index (κ1) is 23.8. The Morgan fingerprint density at radius 3 is 2.47 bits per heavy atom. The highest BCUT2D eigenvalue weighted by atomic mass is 16.5. The van der Waals surface area contributed by atoms with E-state index in [9.17, 15) is 9.59 Å². The summed E-state index contributed by atoms with van der Waals surface area (Å²) in [6.07, 6.45) is 0.856. The molecule has 32 heavy (non-hydrogen) atoms. The van der Waals surface area contributed by atoms with Crippen LogP contribution in [0.2, 0.25) is 0 Å². The second-order valence-electron chi connectivity index (χ2n) is 8.25. The number of para-hydroxylation sites is 1. The zero-order chi connectivity index (χ0) is 23.1. The molecule has 2 unspecified atom stereocenters. The average Bonchev–Trinajstić information content (AvgIpc) is 2.82. The molecule has 2 atom stereocenters. The lowest BCUT2D eigenvalue weighted by molar-refractivity contribution is -0.129. The standard InChI is InChI=1S/C26H35N3O3/c1-5-28(6-2)18-17-27-26(31)22-15-16-24(30)29(20-13-11-19(3)12-14-20)25(22)21-9-7-8-10-23(21)32-4/h7-14,22,25H,5-6,15-18H2,1-4H3,(H,27,31). The van der Waals surface area contributed by atoms with E-state index in [4.69, 9.17) is 4.74 Å². The van der Waals surface area contributed by atoms with E-state index in [1.165, 1.54) is 0 Å². The van der Waals surface area contributed by atoms with Crippen molar-refractivity contribution in [1.29, 1.82) is 0 Å². The molecule has 6 heteroatoms. The molecule has 0 saturated carbocycles. The summed E-state index contributed by atoms with van der Waals surface area (Å²) in [6, 6.07) is 15.2. The van der Waals surface area contributed by atoms with Crippen molar-refractivity contribution in [3.63, 3.8) is 0 Å². The predicted octanol–water partition coefficient (Wildman–Crippen LogP) is 3.95. The number of aryl methyl sites for hydroxylation is 1. The first-order valence-electron chi connectivity index (χ1n) is 11.5. The van der Waals surface area contributed by atoms with Gasteiger partial charge in [-0.3, -0.25) is 9.59 Å². The van der Waals surface area contributed by atoms with Gasteiger partial charge in [0, 0.05) is 30.8 Å². The highest BCUT2D eigenvalue weighted by molar-refractivity contribution is 5.97. The number of nitrogens with zero attached hydrogens (tertiary/aromatic N) is 2. The number of likely N-dealkylation sites (N-methyl/N-ethyl adjacent to an activating group) is 1. The third-order valence-corrected chi connectivity index (χ3v) is 6.33. The number of piperidine rings is 1. The molecule has 2 aromatic rings. The number of hydrogen-bond donors (Lipinski definition) is 1. The van der Waals surface area contributed by atoms with Gasteiger partial charge in [0.15, 0.2) is 0 Å². The average molecular weight is 438 g/mol. The third kappa shape index (κ3) is 5.30. The molecule has 0 spiro atoms. The Bertz CT molecular complexity index is 909. The van der Waals surface area contributed by atoms with Crippen LogP contribution in [0.1, 0.15) is 43.9 Å². The van der Waals surface area contributed by atoms with E-state index >= 15 is 0 Å². The Morgan fingerprint density at radius 1 is 1.12 bits per heavy atom. The summed E-state index contributed by atoms with van der Waals surface area (Å²) in [4.78, 5) is 30.6. The van der Waals surface area contributed by atoms with Gasteiger partial charge in [0.2, 0.25) is 11.8 Å². The number of methoxy groups -OCH3 is 1. The third-order valence-electron chi connectivity index (χ3n) is 6.33. The number of amides is 2. The molecule has 3 rings (SSSR count). The minimum atomic E-state index is -0.427. The van der Waals surface area contributed by atoms with Crippen LogP contribution in [0.15, 0.2) is 48.5 Å². The molecule has 6 nitrogen and oxygen atoms in total. The van der Waals surface area contributed by atoms with Crippen LogP contribution in [-0.4, -0.2) is 50.0 Å². The highest BCUT2D eigenvalue weighted by Gasteiger charge is 2.42. The van der Waals surface area contributed by atoms with Crippen LogP contribution < -0.4 is 15.0 Å². The molecule has 1 heterocycles. The van der Waals surface area contributed by atoms with E-state index in [1.807, 2.05) is 55.5 Å². The zero-order valence-corrected chi connectivity index (χ0v) is 19.6. The highest BCUT2D eigenvalue weighted by Crippen LogP contribution is 2.43. The van der Waals surface area contributed by atoms with E-state index in [1.54, 1.807) is 12.0 Å². The van der Waals surface area contributed by atoms with Crippen molar-refractivity contribution in [2.24, 2.45) is 5.92 Å². The van der Waals surface area contributed by atoms with Gasteiger partial charge in [-0.2, -0.15) is 0 Å². The second kappa shape index (κ2) is 11.1. The van der Waals surface area contributed by atoms with Crippen molar-refractivity contribution in [2.75, 3.05) is 38.2 Å². The van der Waals surface area contributed by atoms with E-state index in [0.717, 1.165) is 36.4 Å². The van der Waals surface area contributed by atoms with Crippen molar-refractivity contribution < 1.29 is 14.3 Å². The molecule has 1 saturated heterocycles. The molecule has 1 aliphatic heterocycles. The van der Waals surface area contributed by atoms with Crippen molar-refractivity contribution >= 4 is 17.5 Å². The summed E-state index contributed by atoms with van der Waals surface area (Å²) >= 11 is 0. The number of nitrogens with one attached hydrogen (secondary N) is 1. The largest absolute Gasteiger partial charge is 0.496 e. The van der Waals surface area contributed by atoms with Crippen LogP contribution in [0.25, 0.3) is 0 Å². The second-order valence-corrected chi connectivity index (χ2v) is 8.25. The van der Waals surface area contributed by atoms with Gasteiger partial charge in [-0.15, -0.1) is 0 Å². The topological polar surface area (TPSA) is 61.9 Å². The molecule has 2 amide bonds. The number of benzene rings is 2. The van der Waals surface area contributed by atoms with E-state index in [0.29, 0.717) is 25.1 Å². The molecular formula is C26H35N3O3. The summed E-state index contributed by atoms with van der Waals surface area (Å²) in [7, 11) is 1.62. The fourth-order valence-corrected chi connectivity index (χ4v) is 4.45. The van der Waals surface area contributed by atoms with Gasteiger partial charge < -0.3 is 19.9 Å². The molecule has 172 valence electrons. The first-order valence-corrected chi connectivity index (χ1v) is 11.5. The zero-order valence-electron chi connectivity index (χ0n) is 19.6. The Labute approximate surface area is 191 Å². The summed E-state index contributed by atoms with van der Waals surface area (Å²) in [6.45, 7) is 9.57. The van der Waals surface area contributed by atoms with Crippen LogP contribution >= 0.6 is 0 Å². The molecule has 2 aromatic carbocycles. The quantitative estimate of drug-likeness (QED) is 0.645. The van der Waals surface area contributed by atoms with E-state index in [2.05, 4.69) is 24.1 Å². The minimum absolute atomic E-state index is 0.0160. The van der Waals surface area contributed by atoms with E-state index in [-0.39, 0.29) is 17.7 Å². The molecule has 0 aromatic heterocycles. The maximum Gasteiger partial charge on any atom is 0.227 e. The molecule has 0 aliphatic carbocycles. The molecule has 1 N–H and O–H groups in total. The number of carbonyl (C=O) groups excluding carboxylic acids is 2. The van der Waals surface area contributed by atoms with Crippen LogP contribution in [-0.2, 0) is 9.59 Å². The normalized spacial score (nSPS) is 18.7. The lowest BCUT2D eigenvalue weighted by Gasteiger charge is -2.41. The van der Waals surface area contributed by atoms with Crippen molar-refractivity contribution in [3.8, 4) is 5.75 Å². The van der Waals surface area contributed by atoms with Crippen LogP contribution in [0, 0.1) is 12.8 Å². The lowest BCUT2D eigenvalue weighted by atomic mass is 9.82. The van der Waals surface area contributed by atoms with Crippen molar-refractivity contribution in [3.05, 3.63) is 59.7 Å². The van der Waals surface area contributed by atoms with Crippen LogP contribution in [0.4, 0.5) is 5.69 Å². The number of carbonyl (C=O) groups is 2. The van der Waals surface area contributed by atoms with Crippen LogP contribution in [0.5, 0.6) is 5.75 Å². The number of hydrogen-bond acceptors (Lipinski definition) is 4. The summed E-state index contributed by atoms with van der Waals surface area (Å²) in [5.74, 6) is 0.335. The van der Waals surface area contributed by atoms with Gasteiger partial charge in [-0.05, 0) is 44.6 Å². The summed E-state index contributed by atoms with van der Waals surface area (Å²) in [5.41, 5.74) is 2.78. The Kier molecular flexibility index (Phi) is 8.28. The minimum Gasteiger partial charge on any atom is -0.496 e. The van der Waals surface area contributed by atoms with Gasteiger partial charge >= 0.3 is 0 Å². The molecule has 1 fully saturated rings. The fourth-order valence-electron chi connectivity index (χ4n) is 4.45. The fraction of sp³-hybridized carbons (Fsp3) is 0.462. The molecule has 0 bridgehead atoms. The molecule has 0 radical (unpaired) electrons. The van der Waals surface area contributed by atoms with Gasteiger partial charge in [0.05, 0.1) is 19.1 Å². The monoisotopic (exact) mass is 437 g/mol. The number of rotatable bonds is 9. The van der Waals surface area contributed by atoms with Gasteiger partial charge in [-0.1, -0.05) is 49.7 Å². The summed E-state index contributed by atoms with van der Waals surface area (Å²) in [5, 5.41) is 3.13. The Hall–Kier alpha value is -2.86. The van der Waals surface area contributed by atoms with E-state index < -0.39 is 6.04 Å². The van der Waals surface area contributed by atoms with Crippen molar-refractivity contribution in [1.82, 2.24) is 10.2 Å². The lowest BCUT2D eigenvalue weighted by Crippen LogP contribution is -2.49. The molecular weight excluding hydrogens is 402 g/mol. The van der Waals surface area contributed by atoms with Gasteiger partial charge in [0.1, 0.15) is 5.75 Å². The number of ether oxygens (including phenoxy) is 1. The predicted molar refractivity (Wildman–Crippen MR) is 128 cm³/mol. The van der Waals surface area contributed by atoms with Crippen LogP contribution in [0.3, 0.4) is 0 Å². The molecule has 1 aliphatic rings. The smallest absolute Gasteiger partial charge is 0.227 e. The SMILES string of the molecule is CCN(CC)CCNC(=O)C1CCC(=O)N(c2ccc(C)cc2)C1c1ccccc1OC. The van der Waals surface area contributed by atoms with Gasteiger partial charge in [0.25, 0.3) is 0 Å². The Morgan fingerprint density at radius 2 is 1.81 bits per heavy atom. The summed E-state index contributed by atoms with van der Waals surface area (Å²) < 4.78 is 5.63. The number of anilines is 1. The van der Waals surface area contributed by atoms with Gasteiger partial charge in [-0.25, -0.2) is 0 Å². The maximum absolute atomic E-state index is 13.4. The first-order chi connectivity index (χ1) is 15.5.